The number of allylic oxidation sites excluding steroid dienone is 1. The maximum Gasteiger partial charge on any atom is 0.271 e. The number of benzene rings is 3. The minimum absolute atomic E-state index is 0.225. The van der Waals surface area contributed by atoms with Crippen molar-refractivity contribution in [3.8, 4) is 11.1 Å². The Morgan fingerprint density at radius 1 is 0.808 bits per heavy atom. The van der Waals surface area contributed by atoms with Crippen LogP contribution in [-0.4, -0.2) is 11.6 Å². The van der Waals surface area contributed by atoms with E-state index in [1.165, 1.54) is 0 Å². The molecule has 1 N–H and O–H groups in total. The lowest BCUT2D eigenvalue weighted by atomic mass is 10.0. The number of hydrazone groups is 1. The molecular formula is C23H20N2O. The van der Waals surface area contributed by atoms with Gasteiger partial charge in [-0.3, -0.25) is 4.79 Å². The number of nitrogens with zero attached hydrogens (tertiary/aromatic N) is 1. The topological polar surface area (TPSA) is 41.5 Å². The lowest BCUT2D eigenvalue weighted by Gasteiger charge is -2.04. The van der Waals surface area contributed by atoms with Crippen molar-refractivity contribution in [1.29, 1.82) is 0 Å². The van der Waals surface area contributed by atoms with Gasteiger partial charge in [-0.05, 0) is 41.8 Å². The Balaban J connectivity index is 1.62. The van der Waals surface area contributed by atoms with E-state index in [1.807, 2.05) is 104 Å². The van der Waals surface area contributed by atoms with Gasteiger partial charge in [-0.25, -0.2) is 5.43 Å². The van der Waals surface area contributed by atoms with Crippen LogP contribution in [0.15, 0.2) is 96.1 Å². The Kier molecular flexibility index (Phi) is 5.73. The number of hydrogen-bond acceptors (Lipinski definition) is 2. The number of carbonyl (C=O) groups excluding carboxylic acids is 1. The van der Waals surface area contributed by atoms with Crippen molar-refractivity contribution in [1.82, 2.24) is 5.43 Å². The summed E-state index contributed by atoms with van der Waals surface area (Å²) in [6, 6.07) is 27.5. The molecule has 0 spiro atoms. The molecule has 0 aromatic heterocycles. The summed E-state index contributed by atoms with van der Waals surface area (Å²) in [4.78, 5) is 12.2. The van der Waals surface area contributed by atoms with Gasteiger partial charge in [-0.2, -0.15) is 5.10 Å². The summed E-state index contributed by atoms with van der Waals surface area (Å²) in [7, 11) is 0. The van der Waals surface area contributed by atoms with Gasteiger partial charge >= 0.3 is 0 Å². The summed E-state index contributed by atoms with van der Waals surface area (Å²) in [6.07, 6.45) is 3.83. The van der Waals surface area contributed by atoms with Crippen LogP contribution in [0.1, 0.15) is 22.8 Å². The fraction of sp³-hybridized carbons (Fsp3) is 0.0435. The lowest BCUT2D eigenvalue weighted by Crippen LogP contribution is -2.18. The van der Waals surface area contributed by atoms with Crippen LogP contribution in [0.25, 0.3) is 17.2 Å². The van der Waals surface area contributed by atoms with E-state index in [1.54, 1.807) is 0 Å². The Hall–Kier alpha value is -3.46. The van der Waals surface area contributed by atoms with Crippen molar-refractivity contribution >= 4 is 17.7 Å². The zero-order valence-electron chi connectivity index (χ0n) is 14.6. The van der Waals surface area contributed by atoms with Gasteiger partial charge in [0.05, 0.1) is 5.71 Å². The fourth-order valence-corrected chi connectivity index (χ4v) is 2.47. The van der Waals surface area contributed by atoms with E-state index in [2.05, 4.69) is 10.5 Å². The van der Waals surface area contributed by atoms with E-state index in [0.717, 1.165) is 22.4 Å². The molecule has 0 aliphatic heterocycles. The molecule has 0 saturated heterocycles. The van der Waals surface area contributed by atoms with E-state index >= 15 is 0 Å². The monoisotopic (exact) mass is 340 g/mol. The molecule has 3 heteroatoms. The van der Waals surface area contributed by atoms with Crippen LogP contribution in [-0.2, 0) is 0 Å². The summed E-state index contributed by atoms with van der Waals surface area (Å²) in [5.41, 5.74) is 7.18. The van der Waals surface area contributed by atoms with Gasteiger partial charge < -0.3 is 0 Å². The van der Waals surface area contributed by atoms with Crippen LogP contribution in [0.5, 0.6) is 0 Å². The largest absolute Gasteiger partial charge is 0.271 e. The molecule has 128 valence electrons. The highest BCUT2D eigenvalue weighted by molar-refractivity contribution is 5.99. The van der Waals surface area contributed by atoms with E-state index in [9.17, 15) is 4.79 Å². The highest BCUT2D eigenvalue weighted by atomic mass is 16.2. The van der Waals surface area contributed by atoms with Crippen LogP contribution in [0.2, 0.25) is 0 Å². The second-order valence-electron chi connectivity index (χ2n) is 5.88. The molecule has 0 fully saturated rings. The van der Waals surface area contributed by atoms with Crippen LogP contribution >= 0.6 is 0 Å². The van der Waals surface area contributed by atoms with Gasteiger partial charge in [0.15, 0.2) is 0 Å². The van der Waals surface area contributed by atoms with Crippen LogP contribution in [0.4, 0.5) is 0 Å². The molecule has 3 nitrogen and oxygen atoms in total. The molecule has 0 heterocycles. The first kappa shape index (κ1) is 17.4. The van der Waals surface area contributed by atoms with E-state index in [0.29, 0.717) is 5.56 Å². The summed E-state index contributed by atoms with van der Waals surface area (Å²) >= 11 is 0. The normalized spacial score (nSPS) is 11.5. The average Bonchev–Trinajstić information content (AvgIpc) is 2.72. The van der Waals surface area contributed by atoms with Gasteiger partial charge in [0, 0.05) is 5.56 Å². The number of carbonyl (C=O) groups is 1. The second-order valence-corrected chi connectivity index (χ2v) is 5.88. The second kappa shape index (κ2) is 8.58. The Labute approximate surface area is 153 Å². The van der Waals surface area contributed by atoms with E-state index < -0.39 is 0 Å². The molecule has 0 radical (unpaired) electrons. The maximum absolute atomic E-state index is 12.2. The molecule has 0 unspecified atom stereocenters. The first-order valence-electron chi connectivity index (χ1n) is 8.45. The predicted molar refractivity (Wildman–Crippen MR) is 108 cm³/mol. The molecule has 0 aliphatic carbocycles. The smallest absolute Gasteiger partial charge is 0.267 e. The lowest BCUT2D eigenvalue weighted by molar-refractivity contribution is 0.0955. The van der Waals surface area contributed by atoms with Crippen molar-refractivity contribution < 1.29 is 4.79 Å². The highest BCUT2D eigenvalue weighted by Gasteiger charge is 2.05. The standard InChI is InChI=1S/C23H20N2O/c1-18(12-13-19-8-4-2-5-9-19)24-25-23(26)22-16-14-21(15-17-22)20-10-6-3-7-11-20/h2-17H,1H3,(H,25,26). The third-order valence-electron chi connectivity index (χ3n) is 3.90. The molecular weight excluding hydrogens is 320 g/mol. The Morgan fingerprint density at radius 2 is 1.38 bits per heavy atom. The first-order valence-corrected chi connectivity index (χ1v) is 8.45. The van der Waals surface area contributed by atoms with Gasteiger partial charge in [-0.1, -0.05) is 78.9 Å². The van der Waals surface area contributed by atoms with Crippen molar-refractivity contribution in [3.63, 3.8) is 0 Å². The molecule has 0 saturated carbocycles. The zero-order chi connectivity index (χ0) is 18.2. The number of hydrogen-bond donors (Lipinski definition) is 1. The van der Waals surface area contributed by atoms with Crippen LogP contribution < -0.4 is 5.43 Å². The van der Waals surface area contributed by atoms with Crippen LogP contribution in [0, 0.1) is 0 Å². The van der Waals surface area contributed by atoms with Crippen molar-refractivity contribution in [2.45, 2.75) is 6.92 Å². The molecule has 3 aromatic rings. The summed E-state index contributed by atoms with van der Waals surface area (Å²) in [5.74, 6) is -0.225. The van der Waals surface area contributed by atoms with Crippen LogP contribution in [0.3, 0.4) is 0 Å². The van der Waals surface area contributed by atoms with Gasteiger partial charge in [-0.15, -0.1) is 0 Å². The number of rotatable bonds is 5. The maximum atomic E-state index is 12.2. The minimum atomic E-state index is -0.225. The molecule has 26 heavy (non-hydrogen) atoms. The van der Waals surface area contributed by atoms with Gasteiger partial charge in [0.1, 0.15) is 0 Å². The van der Waals surface area contributed by atoms with Gasteiger partial charge in [0.2, 0.25) is 0 Å². The predicted octanol–water partition coefficient (Wildman–Crippen LogP) is 5.17. The summed E-state index contributed by atoms with van der Waals surface area (Å²) in [6.45, 7) is 1.85. The highest BCUT2D eigenvalue weighted by Crippen LogP contribution is 2.19. The van der Waals surface area contributed by atoms with E-state index in [4.69, 9.17) is 0 Å². The molecule has 3 rings (SSSR count). The number of nitrogens with one attached hydrogen (secondary N) is 1. The third-order valence-corrected chi connectivity index (χ3v) is 3.90. The summed E-state index contributed by atoms with van der Waals surface area (Å²) < 4.78 is 0. The Bertz CT molecular complexity index is 911. The molecule has 0 atom stereocenters. The minimum Gasteiger partial charge on any atom is -0.267 e. The zero-order valence-corrected chi connectivity index (χ0v) is 14.6. The molecule has 3 aromatic carbocycles. The molecule has 1 amide bonds. The number of amides is 1. The third kappa shape index (κ3) is 4.77. The van der Waals surface area contributed by atoms with Crippen molar-refractivity contribution in [2.75, 3.05) is 0 Å². The Morgan fingerprint density at radius 3 is 2.04 bits per heavy atom. The van der Waals surface area contributed by atoms with Crippen molar-refractivity contribution in [3.05, 3.63) is 102 Å². The molecule has 0 bridgehead atoms. The summed E-state index contributed by atoms with van der Waals surface area (Å²) in [5, 5.41) is 4.13. The SMILES string of the molecule is CC(C=Cc1ccccc1)=NNC(=O)c1ccc(-c2ccccc2)cc1. The van der Waals surface area contributed by atoms with Gasteiger partial charge in [0.25, 0.3) is 5.91 Å². The van der Waals surface area contributed by atoms with Crippen molar-refractivity contribution in [2.24, 2.45) is 5.10 Å². The fourth-order valence-electron chi connectivity index (χ4n) is 2.47. The first-order chi connectivity index (χ1) is 12.7. The average molecular weight is 340 g/mol. The molecule has 0 aliphatic rings. The van der Waals surface area contributed by atoms with E-state index in [-0.39, 0.29) is 5.91 Å². The quantitative estimate of drug-likeness (QED) is 0.505.